The van der Waals surface area contributed by atoms with Crippen LogP contribution in [-0.2, 0) is 19.4 Å². The van der Waals surface area contributed by atoms with Gasteiger partial charge < -0.3 is 0 Å². The van der Waals surface area contributed by atoms with Crippen LogP contribution < -0.4 is 0 Å². The summed E-state index contributed by atoms with van der Waals surface area (Å²) >= 11 is 0. The molecule has 0 radical (unpaired) electrons. The normalized spacial score (nSPS) is 15.5. The van der Waals surface area contributed by atoms with Gasteiger partial charge in [-0.25, -0.2) is 0 Å². The van der Waals surface area contributed by atoms with Crippen molar-refractivity contribution in [3.63, 3.8) is 0 Å². The Labute approximate surface area is 112 Å². The van der Waals surface area contributed by atoms with Crippen LogP contribution in [0.5, 0.6) is 0 Å². The number of hydrogen-bond donors (Lipinski definition) is 0. The molecule has 0 N–H and O–H groups in total. The summed E-state index contributed by atoms with van der Waals surface area (Å²) < 4.78 is 0. The molecule has 0 spiro atoms. The highest BCUT2D eigenvalue weighted by atomic mass is 15.2. The summed E-state index contributed by atoms with van der Waals surface area (Å²) in [4.78, 5) is 2.59. The van der Waals surface area contributed by atoms with Gasteiger partial charge >= 0.3 is 0 Å². The Kier molecular flexibility index (Phi) is 4.45. The number of nitrogens with zero attached hydrogens (tertiary/aromatic N) is 1. The number of benzene rings is 1. The summed E-state index contributed by atoms with van der Waals surface area (Å²) in [6, 6.07) is 8.14. The molecule has 0 amide bonds. The molecule has 1 heteroatoms. The highest BCUT2D eigenvalue weighted by molar-refractivity contribution is 5.37. The molecular weight excluding hydrogens is 218 g/mol. The van der Waals surface area contributed by atoms with Crippen LogP contribution in [0.4, 0.5) is 0 Å². The Hall–Kier alpha value is -0.820. The van der Waals surface area contributed by atoms with E-state index in [2.05, 4.69) is 50.8 Å². The van der Waals surface area contributed by atoms with Crippen molar-refractivity contribution in [2.75, 3.05) is 0 Å². The number of fused-ring (bicyclic) bond motifs is 1. The molecule has 0 atom stereocenters. The van der Waals surface area contributed by atoms with Crippen LogP contribution >= 0.6 is 0 Å². The van der Waals surface area contributed by atoms with Gasteiger partial charge in [0.05, 0.1) is 0 Å². The van der Waals surface area contributed by atoms with Crippen molar-refractivity contribution in [3.8, 4) is 0 Å². The van der Waals surface area contributed by atoms with E-state index in [1.54, 1.807) is 16.7 Å². The van der Waals surface area contributed by atoms with Crippen molar-refractivity contribution < 1.29 is 0 Å². The first-order valence-electron chi connectivity index (χ1n) is 7.45. The van der Waals surface area contributed by atoms with E-state index in [-0.39, 0.29) is 0 Å². The summed E-state index contributed by atoms with van der Waals surface area (Å²) in [5, 5.41) is 0. The van der Waals surface area contributed by atoms with Gasteiger partial charge in [-0.1, -0.05) is 18.2 Å². The SMILES string of the molecule is CC(C)N(Cc1cccc2c1CCCC2)C(C)C. The average Bonchev–Trinajstić information content (AvgIpc) is 2.35. The fraction of sp³-hybridized carbons (Fsp3) is 0.647. The first-order chi connectivity index (χ1) is 8.59. The maximum atomic E-state index is 2.59. The lowest BCUT2D eigenvalue weighted by Crippen LogP contribution is -2.36. The largest absolute Gasteiger partial charge is 0.294 e. The van der Waals surface area contributed by atoms with E-state index in [0.717, 1.165) is 6.54 Å². The van der Waals surface area contributed by atoms with Crippen LogP contribution in [0.3, 0.4) is 0 Å². The van der Waals surface area contributed by atoms with Crippen molar-refractivity contribution in [2.24, 2.45) is 0 Å². The second-order valence-electron chi connectivity index (χ2n) is 6.12. The zero-order chi connectivity index (χ0) is 13.1. The Bertz CT molecular complexity index is 385. The zero-order valence-corrected chi connectivity index (χ0v) is 12.4. The molecule has 18 heavy (non-hydrogen) atoms. The molecule has 1 aromatic carbocycles. The minimum atomic E-state index is 0.615. The van der Waals surface area contributed by atoms with Gasteiger partial charge in [0.25, 0.3) is 0 Å². The van der Waals surface area contributed by atoms with Crippen LogP contribution in [0.2, 0.25) is 0 Å². The van der Waals surface area contributed by atoms with Gasteiger partial charge in [-0.3, -0.25) is 4.90 Å². The Balaban J connectivity index is 2.23. The maximum absolute atomic E-state index is 2.59. The van der Waals surface area contributed by atoms with Crippen LogP contribution in [0.25, 0.3) is 0 Å². The van der Waals surface area contributed by atoms with Gasteiger partial charge in [-0.2, -0.15) is 0 Å². The third-order valence-corrected chi connectivity index (χ3v) is 4.17. The van der Waals surface area contributed by atoms with Gasteiger partial charge in [0.2, 0.25) is 0 Å². The van der Waals surface area contributed by atoms with Gasteiger partial charge in [0.15, 0.2) is 0 Å². The van der Waals surface area contributed by atoms with Gasteiger partial charge in [-0.05, 0) is 70.1 Å². The topological polar surface area (TPSA) is 3.24 Å². The molecular formula is C17H27N. The second kappa shape index (κ2) is 5.88. The minimum absolute atomic E-state index is 0.615. The second-order valence-corrected chi connectivity index (χ2v) is 6.12. The van der Waals surface area contributed by atoms with E-state index in [0.29, 0.717) is 12.1 Å². The van der Waals surface area contributed by atoms with Gasteiger partial charge in [0, 0.05) is 18.6 Å². The monoisotopic (exact) mass is 245 g/mol. The molecule has 0 unspecified atom stereocenters. The highest BCUT2D eigenvalue weighted by Gasteiger charge is 2.18. The van der Waals surface area contributed by atoms with Crippen molar-refractivity contribution >= 4 is 0 Å². The van der Waals surface area contributed by atoms with E-state index in [4.69, 9.17) is 0 Å². The molecule has 1 aliphatic rings. The molecule has 1 aromatic rings. The third kappa shape index (κ3) is 2.95. The molecule has 0 bridgehead atoms. The molecule has 0 fully saturated rings. The molecule has 1 nitrogen and oxygen atoms in total. The smallest absolute Gasteiger partial charge is 0.0241 e. The lowest BCUT2D eigenvalue weighted by atomic mass is 9.88. The van der Waals surface area contributed by atoms with E-state index >= 15 is 0 Å². The summed E-state index contributed by atoms with van der Waals surface area (Å²) in [6.45, 7) is 10.3. The maximum Gasteiger partial charge on any atom is 0.0241 e. The van der Waals surface area contributed by atoms with Crippen molar-refractivity contribution in [1.82, 2.24) is 4.90 Å². The lowest BCUT2D eigenvalue weighted by molar-refractivity contribution is 0.165. The summed E-state index contributed by atoms with van der Waals surface area (Å²) in [5.41, 5.74) is 4.82. The highest BCUT2D eigenvalue weighted by Crippen LogP contribution is 2.26. The molecule has 0 aliphatic heterocycles. The van der Waals surface area contributed by atoms with E-state index in [9.17, 15) is 0 Å². The summed E-state index contributed by atoms with van der Waals surface area (Å²) in [7, 11) is 0. The minimum Gasteiger partial charge on any atom is -0.294 e. The average molecular weight is 245 g/mol. The molecule has 0 saturated carbocycles. The van der Waals surface area contributed by atoms with E-state index < -0.39 is 0 Å². The quantitative estimate of drug-likeness (QED) is 0.769. The molecule has 2 rings (SSSR count). The van der Waals surface area contributed by atoms with Crippen molar-refractivity contribution in [1.29, 1.82) is 0 Å². The Morgan fingerprint density at radius 2 is 1.67 bits per heavy atom. The van der Waals surface area contributed by atoms with Crippen LogP contribution in [0.1, 0.15) is 57.2 Å². The molecule has 100 valence electrons. The first kappa shape index (κ1) is 13.6. The standard InChI is InChI=1S/C17H27N/c1-13(2)18(14(3)4)12-16-10-7-9-15-8-5-6-11-17(15)16/h7,9-10,13-14H,5-6,8,11-12H2,1-4H3. The van der Waals surface area contributed by atoms with Crippen molar-refractivity contribution in [3.05, 3.63) is 34.9 Å². The Morgan fingerprint density at radius 1 is 1.00 bits per heavy atom. The predicted molar refractivity (Wildman–Crippen MR) is 78.9 cm³/mol. The number of aryl methyl sites for hydroxylation is 1. The zero-order valence-electron chi connectivity index (χ0n) is 12.4. The lowest BCUT2D eigenvalue weighted by Gasteiger charge is -2.32. The summed E-state index contributed by atoms with van der Waals surface area (Å²) in [5.74, 6) is 0. The third-order valence-electron chi connectivity index (χ3n) is 4.17. The van der Waals surface area contributed by atoms with Gasteiger partial charge in [0.1, 0.15) is 0 Å². The first-order valence-corrected chi connectivity index (χ1v) is 7.45. The fourth-order valence-corrected chi connectivity index (χ4v) is 3.17. The van der Waals surface area contributed by atoms with Crippen LogP contribution in [0, 0.1) is 0 Å². The van der Waals surface area contributed by atoms with Crippen LogP contribution in [0.15, 0.2) is 18.2 Å². The number of hydrogen-bond acceptors (Lipinski definition) is 1. The summed E-state index contributed by atoms with van der Waals surface area (Å²) in [6.07, 6.45) is 5.31. The molecule has 1 aliphatic carbocycles. The van der Waals surface area contributed by atoms with Crippen molar-refractivity contribution in [2.45, 2.75) is 72.0 Å². The molecule has 0 heterocycles. The molecule has 0 aromatic heterocycles. The predicted octanol–water partition coefficient (Wildman–Crippen LogP) is 4.18. The van der Waals surface area contributed by atoms with E-state index in [1.807, 2.05) is 0 Å². The Morgan fingerprint density at radius 3 is 2.33 bits per heavy atom. The van der Waals surface area contributed by atoms with E-state index in [1.165, 1.54) is 25.7 Å². The molecule has 0 saturated heterocycles. The van der Waals surface area contributed by atoms with Gasteiger partial charge in [-0.15, -0.1) is 0 Å². The number of rotatable bonds is 4. The fourth-order valence-electron chi connectivity index (χ4n) is 3.17. The van der Waals surface area contributed by atoms with Crippen LogP contribution in [-0.4, -0.2) is 17.0 Å².